The zero-order valence-electron chi connectivity index (χ0n) is 11.2. The van der Waals surface area contributed by atoms with Crippen molar-refractivity contribution in [3.8, 4) is 6.07 Å². The van der Waals surface area contributed by atoms with Crippen molar-refractivity contribution in [3.05, 3.63) is 0 Å². The summed E-state index contributed by atoms with van der Waals surface area (Å²) < 4.78 is 0. The average Bonchev–Trinajstić information content (AvgIpc) is 2.76. The van der Waals surface area contributed by atoms with Crippen molar-refractivity contribution in [2.24, 2.45) is 17.3 Å². The Morgan fingerprint density at radius 1 is 1.35 bits per heavy atom. The molecule has 2 unspecified atom stereocenters. The first-order valence-electron chi connectivity index (χ1n) is 6.82. The third-order valence-corrected chi connectivity index (χ3v) is 3.92. The molecule has 2 N–H and O–H groups in total. The highest BCUT2D eigenvalue weighted by Crippen LogP contribution is 2.30. The predicted octanol–water partition coefficient (Wildman–Crippen LogP) is 2.31. The molecule has 0 aromatic rings. The lowest BCUT2D eigenvalue weighted by Crippen LogP contribution is -2.28. The topological polar surface area (TPSA) is 56.0 Å². The Kier molecular flexibility index (Phi) is 5.94. The zero-order chi connectivity index (χ0) is 12.7. The summed E-state index contributed by atoms with van der Waals surface area (Å²) in [6, 6.07) is 2.33. The molecule has 1 rings (SSSR count). The van der Waals surface area contributed by atoms with Gasteiger partial charge in [0.1, 0.15) is 0 Å². The Morgan fingerprint density at radius 3 is 2.71 bits per heavy atom. The van der Waals surface area contributed by atoms with E-state index in [0.29, 0.717) is 18.4 Å². The molecule has 0 aliphatic heterocycles. The lowest BCUT2D eigenvalue weighted by atomic mass is 9.90. The molecule has 17 heavy (non-hydrogen) atoms. The van der Waals surface area contributed by atoms with E-state index >= 15 is 0 Å². The molecule has 98 valence electrons. The number of nitrogens with zero attached hydrogens (tertiary/aromatic N) is 1. The Hall–Kier alpha value is -0.590. The summed E-state index contributed by atoms with van der Waals surface area (Å²) >= 11 is 0. The summed E-state index contributed by atoms with van der Waals surface area (Å²) in [6.45, 7) is 6.34. The van der Waals surface area contributed by atoms with E-state index in [2.05, 4.69) is 11.4 Å². The van der Waals surface area contributed by atoms with Crippen molar-refractivity contribution in [1.29, 1.82) is 5.26 Å². The molecule has 3 nitrogen and oxygen atoms in total. The third kappa shape index (κ3) is 5.06. The lowest BCUT2D eigenvalue weighted by Gasteiger charge is -2.19. The van der Waals surface area contributed by atoms with E-state index in [1.54, 1.807) is 0 Å². The van der Waals surface area contributed by atoms with Crippen LogP contribution in [0.1, 0.15) is 46.0 Å². The number of hydrogen-bond donors (Lipinski definition) is 2. The van der Waals surface area contributed by atoms with Crippen LogP contribution in [-0.2, 0) is 0 Å². The van der Waals surface area contributed by atoms with Crippen LogP contribution in [0.15, 0.2) is 0 Å². The van der Waals surface area contributed by atoms with Gasteiger partial charge in [-0.3, -0.25) is 0 Å². The molecule has 1 aliphatic carbocycles. The molecule has 0 aromatic heterocycles. The highest BCUT2D eigenvalue weighted by molar-refractivity contribution is 4.91. The molecule has 3 heteroatoms. The molecule has 0 bridgehead atoms. The van der Waals surface area contributed by atoms with Crippen LogP contribution < -0.4 is 5.32 Å². The third-order valence-electron chi connectivity index (χ3n) is 3.92. The van der Waals surface area contributed by atoms with E-state index < -0.39 is 0 Å². The second-order valence-corrected chi connectivity index (χ2v) is 5.94. The fourth-order valence-corrected chi connectivity index (χ4v) is 2.62. The maximum absolute atomic E-state index is 9.21. The standard InChI is InChI=1S/C14H26N2O/c1-14(2,11-15)7-4-8-16-9-12-5-3-6-13(12)10-17/h12-13,16-17H,3-10H2,1-2H3. The molecule has 1 saturated carbocycles. The summed E-state index contributed by atoms with van der Waals surface area (Å²) in [5, 5.41) is 21.6. The minimum absolute atomic E-state index is 0.192. The smallest absolute Gasteiger partial charge is 0.0683 e. The van der Waals surface area contributed by atoms with Crippen LogP contribution in [-0.4, -0.2) is 24.8 Å². The molecule has 2 atom stereocenters. The summed E-state index contributed by atoms with van der Waals surface area (Å²) in [5.41, 5.74) is -0.192. The van der Waals surface area contributed by atoms with Gasteiger partial charge in [0, 0.05) is 6.61 Å². The van der Waals surface area contributed by atoms with Gasteiger partial charge in [-0.15, -0.1) is 0 Å². The Balaban J connectivity index is 2.07. The Morgan fingerprint density at radius 2 is 2.06 bits per heavy atom. The van der Waals surface area contributed by atoms with Crippen molar-refractivity contribution in [1.82, 2.24) is 5.32 Å². The van der Waals surface area contributed by atoms with Crippen LogP contribution in [0.3, 0.4) is 0 Å². The highest BCUT2D eigenvalue weighted by atomic mass is 16.3. The van der Waals surface area contributed by atoms with Gasteiger partial charge in [-0.1, -0.05) is 6.42 Å². The minimum Gasteiger partial charge on any atom is -0.396 e. The normalized spacial score (nSPS) is 24.8. The monoisotopic (exact) mass is 238 g/mol. The van der Waals surface area contributed by atoms with Gasteiger partial charge in [0.25, 0.3) is 0 Å². The molecular formula is C14H26N2O. The fraction of sp³-hybridized carbons (Fsp3) is 0.929. The van der Waals surface area contributed by atoms with E-state index in [1.807, 2.05) is 13.8 Å². The number of nitriles is 1. The highest BCUT2D eigenvalue weighted by Gasteiger charge is 2.25. The fourth-order valence-electron chi connectivity index (χ4n) is 2.62. The van der Waals surface area contributed by atoms with Crippen LogP contribution in [0.25, 0.3) is 0 Å². The summed E-state index contributed by atoms with van der Waals surface area (Å²) in [5.74, 6) is 1.17. The van der Waals surface area contributed by atoms with Crippen LogP contribution in [0.2, 0.25) is 0 Å². The lowest BCUT2D eigenvalue weighted by molar-refractivity contribution is 0.192. The van der Waals surface area contributed by atoms with Gasteiger partial charge in [0.15, 0.2) is 0 Å². The maximum atomic E-state index is 9.21. The molecule has 0 heterocycles. The molecule has 0 aromatic carbocycles. The second-order valence-electron chi connectivity index (χ2n) is 5.94. The van der Waals surface area contributed by atoms with Crippen molar-refractivity contribution in [3.63, 3.8) is 0 Å². The van der Waals surface area contributed by atoms with Gasteiger partial charge in [0.2, 0.25) is 0 Å². The van der Waals surface area contributed by atoms with Crippen molar-refractivity contribution in [2.75, 3.05) is 19.7 Å². The molecular weight excluding hydrogens is 212 g/mol. The van der Waals surface area contributed by atoms with Crippen molar-refractivity contribution >= 4 is 0 Å². The first-order valence-corrected chi connectivity index (χ1v) is 6.82. The van der Waals surface area contributed by atoms with Crippen LogP contribution in [0.5, 0.6) is 0 Å². The van der Waals surface area contributed by atoms with E-state index in [1.165, 1.54) is 19.3 Å². The quantitative estimate of drug-likeness (QED) is 0.669. The van der Waals surface area contributed by atoms with Gasteiger partial charge >= 0.3 is 0 Å². The SMILES string of the molecule is CC(C)(C#N)CCCNCC1CCCC1CO. The molecule has 1 aliphatic rings. The number of rotatable bonds is 7. The average molecular weight is 238 g/mol. The van der Waals surface area contributed by atoms with E-state index in [9.17, 15) is 5.11 Å². The number of nitrogens with one attached hydrogen (secondary N) is 1. The number of aliphatic hydroxyl groups excluding tert-OH is 1. The molecule has 0 spiro atoms. The zero-order valence-corrected chi connectivity index (χ0v) is 11.2. The number of hydrogen-bond acceptors (Lipinski definition) is 3. The van der Waals surface area contributed by atoms with Gasteiger partial charge in [-0.2, -0.15) is 5.26 Å². The van der Waals surface area contributed by atoms with Gasteiger partial charge in [-0.25, -0.2) is 0 Å². The minimum atomic E-state index is -0.192. The summed E-state index contributed by atoms with van der Waals surface area (Å²) in [4.78, 5) is 0. The van der Waals surface area contributed by atoms with Crippen LogP contribution in [0, 0.1) is 28.6 Å². The van der Waals surface area contributed by atoms with E-state index in [0.717, 1.165) is 25.9 Å². The van der Waals surface area contributed by atoms with Crippen molar-refractivity contribution < 1.29 is 5.11 Å². The summed E-state index contributed by atoms with van der Waals surface area (Å²) in [6.07, 6.45) is 5.70. The molecule has 0 saturated heterocycles. The number of aliphatic hydroxyl groups is 1. The molecule has 1 fully saturated rings. The van der Waals surface area contributed by atoms with E-state index in [-0.39, 0.29) is 5.41 Å². The molecule has 0 radical (unpaired) electrons. The Bertz CT molecular complexity index is 257. The predicted molar refractivity (Wildman–Crippen MR) is 69.4 cm³/mol. The van der Waals surface area contributed by atoms with Crippen molar-refractivity contribution in [2.45, 2.75) is 46.0 Å². The second kappa shape index (κ2) is 6.98. The van der Waals surface area contributed by atoms with Gasteiger partial charge in [0.05, 0.1) is 11.5 Å². The van der Waals surface area contributed by atoms with Crippen LogP contribution >= 0.6 is 0 Å². The first-order chi connectivity index (χ1) is 8.09. The largest absolute Gasteiger partial charge is 0.396 e. The first kappa shape index (κ1) is 14.5. The van der Waals surface area contributed by atoms with Gasteiger partial charge in [-0.05, 0) is 64.5 Å². The van der Waals surface area contributed by atoms with Gasteiger partial charge < -0.3 is 10.4 Å². The maximum Gasteiger partial charge on any atom is 0.0683 e. The Labute approximate surface area is 105 Å². The summed E-state index contributed by atoms with van der Waals surface area (Å²) in [7, 11) is 0. The van der Waals surface area contributed by atoms with Crippen LogP contribution in [0.4, 0.5) is 0 Å². The van der Waals surface area contributed by atoms with E-state index in [4.69, 9.17) is 5.26 Å². The molecule has 0 amide bonds.